The quantitative estimate of drug-likeness (QED) is 0.491. The highest BCUT2D eigenvalue weighted by atomic mass is 32.1. The largest absolute Gasteiger partial charge is 0.378 e. The molecule has 5 nitrogen and oxygen atoms in total. The first-order valence-corrected chi connectivity index (χ1v) is 13.7. The average Bonchev–Trinajstić information content (AvgIpc) is 3.60. The molecule has 3 heterocycles. The van der Waals surface area contributed by atoms with E-state index in [4.69, 9.17) is 0 Å². The maximum atomic E-state index is 14.1. The topological polar surface area (TPSA) is 61.4 Å². The van der Waals surface area contributed by atoms with E-state index in [1.165, 1.54) is 11.1 Å². The smallest absolute Gasteiger partial charge is 0.251 e. The Bertz CT molecular complexity index is 1200. The SMILES string of the molecule is O=C(N[C@@H]1CCCC[C@@H]1C(=O)N1CC[C@@H]2[C@H]1c1ccccc1N[C@H]2c1ccsc1)c1ccccc1. The van der Waals surface area contributed by atoms with Crippen LogP contribution < -0.4 is 10.6 Å². The number of nitrogens with zero attached hydrogens (tertiary/aromatic N) is 1. The lowest BCUT2D eigenvalue weighted by atomic mass is 9.79. The van der Waals surface area contributed by atoms with Gasteiger partial charge in [-0.3, -0.25) is 9.59 Å². The molecule has 3 aliphatic rings. The number of likely N-dealkylation sites (tertiary alicyclic amines) is 1. The first-order valence-electron chi connectivity index (χ1n) is 12.7. The molecule has 2 N–H and O–H groups in total. The van der Waals surface area contributed by atoms with Crippen molar-refractivity contribution in [1.82, 2.24) is 10.2 Å². The van der Waals surface area contributed by atoms with E-state index in [1.54, 1.807) is 11.3 Å². The van der Waals surface area contributed by atoms with E-state index < -0.39 is 0 Å². The zero-order valence-corrected chi connectivity index (χ0v) is 20.5. The Labute approximate surface area is 210 Å². The first-order chi connectivity index (χ1) is 17.2. The third-order valence-electron chi connectivity index (χ3n) is 8.08. The minimum atomic E-state index is -0.170. The van der Waals surface area contributed by atoms with Gasteiger partial charge in [0.1, 0.15) is 0 Å². The van der Waals surface area contributed by atoms with E-state index in [9.17, 15) is 9.59 Å². The molecule has 2 aliphatic heterocycles. The number of fused-ring (bicyclic) bond motifs is 3. The molecule has 1 saturated carbocycles. The second-order valence-corrected chi connectivity index (χ2v) is 10.8. The summed E-state index contributed by atoms with van der Waals surface area (Å²) in [4.78, 5) is 29.2. The zero-order valence-electron chi connectivity index (χ0n) is 19.7. The van der Waals surface area contributed by atoms with Crippen LogP contribution in [0.15, 0.2) is 71.4 Å². The van der Waals surface area contributed by atoms with Crippen molar-refractivity contribution < 1.29 is 9.59 Å². The minimum Gasteiger partial charge on any atom is -0.378 e. The second kappa shape index (κ2) is 9.50. The number of carbonyl (C=O) groups is 2. The van der Waals surface area contributed by atoms with Gasteiger partial charge in [-0.1, -0.05) is 49.2 Å². The van der Waals surface area contributed by atoms with Crippen LogP contribution in [-0.4, -0.2) is 29.3 Å². The van der Waals surface area contributed by atoms with Gasteiger partial charge >= 0.3 is 0 Å². The van der Waals surface area contributed by atoms with Crippen LogP contribution in [0.5, 0.6) is 0 Å². The molecule has 1 aromatic heterocycles. The molecule has 2 amide bonds. The third-order valence-corrected chi connectivity index (χ3v) is 8.79. The highest BCUT2D eigenvalue weighted by molar-refractivity contribution is 7.08. The molecule has 6 heteroatoms. The van der Waals surface area contributed by atoms with Crippen molar-refractivity contribution in [2.24, 2.45) is 11.8 Å². The number of para-hydroxylation sites is 1. The third kappa shape index (κ3) is 4.14. The number of rotatable bonds is 4. The van der Waals surface area contributed by atoms with Crippen molar-refractivity contribution in [3.05, 3.63) is 88.1 Å². The molecular formula is C29H31N3O2S. The van der Waals surface area contributed by atoms with E-state index in [2.05, 4.69) is 56.6 Å². The summed E-state index contributed by atoms with van der Waals surface area (Å²) >= 11 is 1.72. The van der Waals surface area contributed by atoms with Gasteiger partial charge < -0.3 is 15.5 Å². The summed E-state index contributed by atoms with van der Waals surface area (Å²) in [5.41, 5.74) is 4.30. The normalized spacial score (nSPS) is 27.4. The molecular weight excluding hydrogens is 454 g/mol. The maximum absolute atomic E-state index is 14.1. The van der Waals surface area contributed by atoms with Gasteiger partial charge in [0.15, 0.2) is 0 Å². The predicted octanol–water partition coefficient (Wildman–Crippen LogP) is 5.79. The summed E-state index contributed by atoms with van der Waals surface area (Å²) < 4.78 is 0. The van der Waals surface area contributed by atoms with E-state index in [-0.39, 0.29) is 35.9 Å². The standard InChI is InChI=1S/C29H31N3O2S/c33-28(19-8-2-1-3-9-19)31-25-13-7-5-11-22(25)29(34)32-16-14-23-26(20-15-17-35-18-20)30-24-12-6-4-10-21(24)27(23)32/h1-4,6,8-10,12,15,17-18,22-23,25-27,30H,5,7,11,13-14,16H2,(H,31,33)/t22-,23-,25+,26-,27+/m0/s1. The Morgan fingerprint density at radius 1 is 0.943 bits per heavy atom. The molecule has 2 aromatic carbocycles. The van der Waals surface area contributed by atoms with Gasteiger partial charge in [-0.15, -0.1) is 0 Å². The molecule has 180 valence electrons. The van der Waals surface area contributed by atoms with E-state index in [1.807, 2.05) is 30.3 Å². The lowest BCUT2D eigenvalue weighted by molar-refractivity contribution is -0.138. The van der Waals surface area contributed by atoms with Crippen LogP contribution in [-0.2, 0) is 4.79 Å². The van der Waals surface area contributed by atoms with Gasteiger partial charge in [-0.05, 0) is 65.4 Å². The van der Waals surface area contributed by atoms with Crippen LogP contribution in [0.25, 0.3) is 0 Å². The molecule has 0 radical (unpaired) electrons. The number of thiophene rings is 1. The number of benzene rings is 2. The highest BCUT2D eigenvalue weighted by Gasteiger charge is 2.48. The van der Waals surface area contributed by atoms with Crippen LogP contribution >= 0.6 is 11.3 Å². The Morgan fingerprint density at radius 3 is 2.57 bits per heavy atom. The van der Waals surface area contributed by atoms with Crippen molar-refractivity contribution >= 4 is 28.8 Å². The molecule has 2 fully saturated rings. The van der Waals surface area contributed by atoms with Gasteiger partial charge in [-0.25, -0.2) is 0 Å². The Balaban J connectivity index is 1.27. The van der Waals surface area contributed by atoms with Gasteiger partial charge in [0.25, 0.3) is 5.91 Å². The summed E-state index contributed by atoms with van der Waals surface area (Å²) in [5, 5.41) is 11.3. The first kappa shape index (κ1) is 22.4. The van der Waals surface area contributed by atoms with Crippen LogP contribution in [0.4, 0.5) is 5.69 Å². The number of nitrogens with one attached hydrogen (secondary N) is 2. The molecule has 0 spiro atoms. The summed E-state index contributed by atoms with van der Waals surface area (Å²) in [6, 6.07) is 20.1. The molecule has 1 aliphatic carbocycles. The number of amides is 2. The van der Waals surface area contributed by atoms with Crippen molar-refractivity contribution in [2.45, 2.75) is 50.2 Å². The fourth-order valence-electron chi connectivity index (χ4n) is 6.41. The number of carbonyl (C=O) groups excluding carboxylic acids is 2. The van der Waals surface area contributed by atoms with Crippen LogP contribution in [0.2, 0.25) is 0 Å². The van der Waals surface area contributed by atoms with Gasteiger partial charge in [-0.2, -0.15) is 11.3 Å². The van der Waals surface area contributed by atoms with Crippen LogP contribution in [0.1, 0.15) is 65.7 Å². The second-order valence-electron chi connectivity index (χ2n) is 10.0. The Kier molecular flexibility index (Phi) is 6.06. The van der Waals surface area contributed by atoms with Gasteiger partial charge in [0, 0.05) is 29.8 Å². The minimum absolute atomic E-state index is 0.0669. The monoisotopic (exact) mass is 485 g/mol. The van der Waals surface area contributed by atoms with E-state index >= 15 is 0 Å². The summed E-state index contributed by atoms with van der Waals surface area (Å²) in [7, 11) is 0. The fraction of sp³-hybridized carbons (Fsp3) is 0.379. The van der Waals surface area contributed by atoms with Crippen LogP contribution in [0.3, 0.4) is 0 Å². The van der Waals surface area contributed by atoms with Crippen LogP contribution in [0, 0.1) is 11.8 Å². The molecule has 0 unspecified atom stereocenters. The number of hydrogen-bond donors (Lipinski definition) is 2. The molecule has 6 rings (SSSR count). The molecule has 35 heavy (non-hydrogen) atoms. The van der Waals surface area contributed by atoms with Gasteiger partial charge in [0.2, 0.25) is 5.91 Å². The zero-order chi connectivity index (χ0) is 23.8. The average molecular weight is 486 g/mol. The molecule has 1 saturated heterocycles. The fourth-order valence-corrected chi connectivity index (χ4v) is 7.10. The lowest BCUT2D eigenvalue weighted by Crippen LogP contribution is -2.50. The maximum Gasteiger partial charge on any atom is 0.251 e. The van der Waals surface area contributed by atoms with Crippen molar-refractivity contribution in [3.63, 3.8) is 0 Å². The Morgan fingerprint density at radius 2 is 1.74 bits per heavy atom. The van der Waals surface area contributed by atoms with Gasteiger partial charge in [0.05, 0.1) is 18.0 Å². The highest BCUT2D eigenvalue weighted by Crippen LogP contribution is 2.52. The van der Waals surface area contributed by atoms with Crippen molar-refractivity contribution in [3.8, 4) is 0 Å². The van der Waals surface area contributed by atoms with E-state index in [0.29, 0.717) is 11.5 Å². The lowest BCUT2D eigenvalue weighted by Gasteiger charge is -2.41. The predicted molar refractivity (Wildman–Crippen MR) is 139 cm³/mol. The van der Waals surface area contributed by atoms with Crippen molar-refractivity contribution in [2.75, 3.05) is 11.9 Å². The van der Waals surface area contributed by atoms with Crippen molar-refractivity contribution in [1.29, 1.82) is 0 Å². The van der Waals surface area contributed by atoms with E-state index in [0.717, 1.165) is 44.3 Å². The Hall–Kier alpha value is -3.12. The summed E-state index contributed by atoms with van der Waals surface area (Å²) in [6.45, 7) is 0.765. The molecule has 3 aromatic rings. The molecule has 5 atom stereocenters. The molecule has 0 bridgehead atoms. The summed E-state index contributed by atoms with van der Waals surface area (Å²) in [6.07, 6.45) is 4.74. The number of hydrogen-bond acceptors (Lipinski definition) is 4. The summed E-state index contributed by atoms with van der Waals surface area (Å²) in [5.74, 6) is 0.289. The number of anilines is 1.